The van der Waals surface area contributed by atoms with Gasteiger partial charge in [-0.15, -0.1) is 16.4 Å². The quantitative estimate of drug-likeness (QED) is 0.400. The Labute approximate surface area is 191 Å². The molecule has 0 aliphatic rings. The highest BCUT2D eigenvalue weighted by Gasteiger charge is 2.20. The molecule has 162 valence electrons. The Bertz CT molecular complexity index is 1420. The average Bonchev–Trinajstić information content (AvgIpc) is 3.50. The Morgan fingerprint density at radius 3 is 2.52 bits per heavy atom. The van der Waals surface area contributed by atoms with Crippen molar-refractivity contribution in [2.75, 3.05) is 5.32 Å². The fourth-order valence-corrected chi connectivity index (χ4v) is 3.81. The molecule has 1 amide bonds. The van der Waals surface area contributed by atoms with Gasteiger partial charge in [0.25, 0.3) is 5.91 Å². The number of nitrogens with one attached hydrogen (secondary N) is 1. The van der Waals surface area contributed by atoms with E-state index in [1.54, 1.807) is 36.4 Å². The lowest BCUT2D eigenvalue weighted by Gasteiger charge is -2.04. The summed E-state index contributed by atoms with van der Waals surface area (Å²) < 4.78 is 14.9. The van der Waals surface area contributed by atoms with E-state index in [-0.39, 0.29) is 17.4 Å². The summed E-state index contributed by atoms with van der Waals surface area (Å²) in [5.41, 5.74) is 1.58. The number of benzene rings is 2. The Kier molecular flexibility index (Phi) is 5.33. The molecule has 0 radical (unpaired) electrons. The molecule has 0 saturated heterocycles. The summed E-state index contributed by atoms with van der Waals surface area (Å²) in [4.78, 5) is 26.5. The third kappa shape index (κ3) is 4.32. The van der Waals surface area contributed by atoms with Gasteiger partial charge < -0.3 is 10.4 Å². The van der Waals surface area contributed by atoms with Crippen LogP contribution in [-0.4, -0.2) is 35.7 Å². The minimum Gasteiger partial charge on any atom is -0.508 e. The van der Waals surface area contributed by atoms with Gasteiger partial charge in [-0.05, 0) is 47.8 Å². The number of aromatic hydroxyl groups is 1. The zero-order valence-corrected chi connectivity index (χ0v) is 17.7. The second-order valence-corrected chi connectivity index (χ2v) is 7.87. The van der Waals surface area contributed by atoms with Crippen molar-refractivity contribution in [1.29, 1.82) is 0 Å². The largest absolute Gasteiger partial charge is 0.508 e. The maximum Gasteiger partial charge on any atom is 0.295 e. The number of rotatable bonds is 5. The Morgan fingerprint density at radius 1 is 1.03 bits per heavy atom. The van der Waals surface area contributed by atoms with Crippen LogP contribution in [0.4, 0.5) is 10.1 Å². The number of anilines is 1. The van der Waals surface area contributed by atoms with Crippen molar-refractivity contribution in [2.45, 2.75) is 0 Å². The van der Waals surface area contributed by atoms with Gasteiger partial charge in [-0.2, -0.15) is 0 Å². The number of carbonyl (C=O) groups is 1. The summed E-state index contributed by atoms with van der Waals surface area (Å²) >= 11 is 1.45. The van der Waals surface area contributed by atoms with Gasteiger partial charge in [0.15, 0.2) is 11.6 Å². The van der Waals surface area contributed by atoms with Crippen molar-refractivity contribution < 1.29 is 14.3 Å². The first-order chi connectivity index (χ1) is 16.1. The van der Waals surface area contributed by atoms with Crippen LogP contribution in [0.15, 0.2) is 78.4 Å². The lowest BCUT2D eigenvalue weighted by Crippen LogP contribution is -2.14. The fourth-order valence-electron chi connectivity index (χ4n) is 3.11. The van der Waals surface area contributed by atoms with Crippen molar-refractivity contribution in [3.05, 3.63) is 90.1 Å². The lowest BCUT2D eigenvalue weighted by molar-refractivity contribution is 0.101. The molecule has 5 aromatic rings. The average molecular weight is 458 g/mol. The number of hydrogen-bond acceptors (Lipinski definition) is 7. The summed E-state index contributed by atoms with van der Waals surface area (Å²) in [6, 6.07) is 16.1. The zero-order valence-electron chi connectivity index (χ0n) is 16.9. The van der Waals surface area contributed by atoms with Crippen LogP contribution in [0.2, 0.25) is 0 Å². The summed E-state index contributed by atoms with van der Waals surface area (Å²) in [5, 5.41) is 18.5. The monoisotopic (exact) mass is 458 g/mol. The summed E-state index contributed by atoms with van der Waals surface area (Å²) in [6.07, 6.45) is 2.92. The summed E-state index contributed by atoms with van der Waals surface area (Å²) in [5.74, 6) is 0.0171. The predicted molar refractivity (Wildman–Crippen MR) is 122 cm³/mol. The topological polar surface area (TPSA) is 106 Å². The SMILES string of the molecule is O=C(Nc1cnc(-c2cccc(O)c2)nc1)c1nc(-c2cccs2)n(-c2ccc(F)cc2)n1. The van der Waals surface area contributed by atoms with Crippen molar-refractivity contribution in [1.82, 2.24) is 24.7 Å². The van der Waals surface area contributed by atoms with Crippen LogP contribution >= 0.6 is 11.3 Å². The predicted octanol–water partition coefficient (Wildman–Crippen LogP) is 4.55. The number of amides is 1. The molecule has 2 aromatic carbocycles. The molecular formula is C23H15FN6O2S. The fraction of sp³-hybridized carbons (Fsp3) is 0. The first-order valence-electron chi connectivity index (χ1n) is 9.76. The van der Waals surface area contributed by atoms with Gasteiger partial charge >= 0.3 is 0 Å². The van der Waals surface area contributed by atoms with Gasteiger partial charge in [-0.3, -0.25) is 4.79 Å². The second-order valence-electron chi connectivity index (χ2n) is 6.92. The number of hydrogen-bond donors (Lipinski definition) is 2. The van der Waals surface area contributed by atoms with Crippen molar-refractivity contribution in [3.63, 3.8) is 0 Å². The van der Waals surface area contributed by atoms with Crippen molar-refractivity contribution in [3.8, 4) is 33.5 Å². The van der Waals surface area contributed by atoms with Crippen LogP contribution in [0.25, 0.3) is 27.8 Å². The van der Waals surface area contributed by atoms with E-state index < -0.39 is 5.91 Å². The number of carbonyl (C=O) groups excluding carboxylic acids is 1. The first kappa shape index (κ1) is 20.5. The molecule has 3 aromatic heterocycles. The lowest BCUT2D eigenvalue weighted by atomic mass is 10.2. The first-order valence-corrected chi connectivity index (χ1v) is 10.6. The molecule has 3 heterocycles. The minimum absolute atomic E-state index is 0.0558. The molecule has 0 unspecified atom stereocenters. The van der Waals surface area contributed by atoms with Gasteiger partial charge in [0.1, 0.15) is 11.6 Å². The molecule has 0 atom stereocenters. The molecule has 0 aliphatic carbocycles. The van der Waals surface area contributed by atoms with Gasteiger partial charge in [0.2, 0.25) is 5.82 Å². The standard InChI is InChI=1S/C23H15FN6O2S/c24-15-6-8-17(9-7-15)30-22(19-5-2-10-33-19)28-21(29-30)23(32)27-16-12-25-20(26-13-16)14-3-1-4-18(31)11-14/h1-13,31H,(H,27,32). The number of nitrogens with zero attached hydrogens (tertiary/aromatic N) is 5. The summed E-state index contributed by atoms with van der Waals surface area (Å²) in [7, 11) is 0. The molecule has 0 bridgehead atoms. The highest BCUT2D eigenvalue weighted by Crippen LogP contribution is 2.26. The van der Waals surface area contributed by atoms with Gasteiger partial charge in [-0.1, -0.05) is 18.2 Å². The molecule has 0 spiro atoms. The number of halogens is 1. The normalized spacial score (nSPS) is 10.8. The molecule has 0 aliphatic heterocycles. The van der Waals surface area contributed by atoms with E-state index in [1.807, 2.05) is 17.5 Å². The van der Waals surface area contributed by atoms with E-state index in [1.165, 1.54) is 40.5 Å². The molecule has 33 heavy (non-hydrogen) atoms. The zero-order chi connectivity index (χ0) is 22.8. The Hall–Kier alpha value is -4.44. The van der Waals surface area contributed by atoms with Crippen LogP contribution < -0.4 is 5.32 Å². The van der Waals surface area contributed by atoms with E-state index in [0.717, 1.165) is 4.88 Å². The van der Waals surface area contributed by atoms with Crippen LogP contribution in [0, 0.1) is 5.82 Å². The van der Waals surface area contributed by atoms with Gasteiger partial charge in [0, 0.05) is 5.56 Å². The maximum absolute atomic E-state index is 13.4. The molecule has 8 nitrogen and oxygen atoms in total. The third-order valence-electron chi connectivity index (χ3n) is 4.64. The van der Waals surface area contributed by atoms with Gasteiger partial charge in [-0.25, -0.2) is 24.0 Å². The number of phenolic OH excluding ortho intramolecular Hbond substituents is 1. The van der Waals surface area contributed by atoms with Crippen molar-refractivity contribution in [2.24, 2.45) is 0 Å². The van der Waals surface area contributed by atoms with E-state index in [9.17, 15) is 14.3 Å². The maximum atomic E-state index is 13.4. The van der Waals surface area contributed by atoms with Crippen LogP contribution in [0.5, 0.6) is 5.75 Å². The third-order valence-corrected chi connectivity index (χ3v) is 5.50. The number of aromatic nitrogens is 5. The van der Waals surface area contributed by atoms with E-state index >= 15 is 0 Å². The second kappa shape index (κ2) is 8.60. The number of thiophene rings is 1. The smallest absolute Gasteiger partial charge is 0.295 e. The molecular weight excluding hydrogens is 443 g/mol. The molecule has 0 fully saturated rings. The highest BCUT2D eigenvalue weighted by molar-refractivity contribution is 7.13. The van der Waals surface area contributed by atoms with E-state index in [4.69, 9.17) is 0 Å². The molecule has 0 saturated carbocycles. The van der Waals surface area contributed by atoms with E-state index in [0.29, 0.717) is 28.6 Å². The Balaban J connectivity index is 1.42. The molecule has 10 heteroatoms. The van der Waals surface area contributed by atoms with Crippen LogP contribution in [0.1, 0.15) is 10.6 Å². The molecule has 2 N–H and O–H groups in total. The molecule has 5 rings (SSSR count). The van der Waals surface area contributed by atoms with Crippen LogP contribution in [-0.2, 0) is 0 Å². The number of phenols is 1. The minimum atomic E-state index is -0.539. The van der Waals surface area contributed by atoms with Crippen LogP contribution in [0.3, 0.4) is 0 Å². The van der Waals surface area contributed by atoms with Crippen molar-refractivity contribution >= 4 is 22.9 Å². The summed E-state index contributed by atoms with van der Waals surface area (Å²) in [6.45, 7) is 0. The Morgan fingerprint density at radius 2 is 1.82 bits per heavy atom. The van der Waals surface area contributed by atoms with E-state index in [2.05, 4.69) is 25.4 Å². The van der Waals surface area contributed by atoms with Gasteiger partial charge in [0.05, 0.1) is 28.6 Å². The highest BCUT2D eigenvalue weighted by atomic mass is 32.1.